The highest BCUT2D eigenvalue weighted by Crippen LogP contribution is 2.59. The zero-order chi connectivity index (χ0) is 10.3. The molecule has 1 saturated carbocycles. The van der Waals surface area contributed by atoms with Gasteiger partial charge in [-0.15, -0.1) is 0 Å². The van der Waals surface area contributed by atoms with E-state index in [9.17, 15) is 4.79 Å². The van der Waals surface area contributed by atoms with Crippen LogP contribution in [0.25, 0.3) is 0 Å². The van der Waals surface area contributed by atoms with Crippen molar-refractivity contribution in [2.75, 3.05) is 0 Å². The predicted molar refractivity (Wildman–Crippen MR) is 57.9 cm³/mol. The number of rotatable bonds is 2. The first-order valence-electron chi connectivity index (χ1n) is 5.40. The Morgan fingerprint density at radius 1 is 1.57 bits per heavy atom. The highest BCUT2D eigenvalue weighted by atomic mass is 16.1. The molecule has 3 aliphatic rings. The monoisotopic (exact) mass is 190 g/mol. The van der Waals surface area contributed by atoms with Crippen LogP contribution >= 0.6 is 0 Å². The second-order valence-corrected chi connectivity index (χ2v) is 5.19. The summed E-state index contributed by atoms with van der Waals surface area (Å²) in [6.07, 6.45) is 8.54. The molecule has 76 valence electrons. The van der Waals surface area contributed by atoms with Crippen LogP contribution in [0.5, 0.6) is 0 Å². The van der Waals surface area contributed by atoms with E-state index in [2.05, 4.69) is 19.9 Å². The van der Waals surface area contributed by atoms with Crippen LogP contribution in [0.4, 0.5) is 0 Å². The third kappa shape index (κ3) is 1.35. The van der Waals surface area contributed by atoms with Crippen LogP contribution in [0, 0.1) is 17.3 Å². The van der Waals surface area contributed by atoms with Crippen LogP contribution in [0.2, 0.25) is 0 Å². The van der Waals surface area contributed by atoms with Crippen molar-refractivity contribution in [1.29, 1.82) is 0 Å². The maximum Gasteiger partial charge on any atom is 0.152 e. The molecule has 0 spiro atoms. The summed E-state index contributed by atoms with van der Waals surface area (Å²) in [4.78, 5) is 10.9. The topological polar surface area (TPSA) is 17.1 Å². The van der Waals surface area contributed by atoms with Gasteiger partial charge in [0.1, 0.15) is 0 Å². The molecular weight excluding hydrogens is 172 g/mol. The third-order valence-corrected chi connectivity index (χ3v) is 4.02. The lowest BCUT2D eigenvalue weighted by Crippen LogP contribution is -2.47. The molecule has 3 rings (SSSR count). The molecule has 0 aromatic carbocycles. The Morgan fingerprint density at radius 2 is 2.29 bits per heavy atom. The minimum absolute atomic E-state index is 0.144. The summed E-state index contributed by atoms with van der Waals surface area (Å²) in [6.45, 7) is 6.30. The van der Waals surface area contributed by atoms with Crippen LogP contribution in [-0.4, -0.2) is 5.78 Å². The summed E-state index contributed by atoms with van der Waals surface area (Å²) in [6, 6.07) is 0. The number of fused-ring (bicyclic) bond motifs is 1. The normalized spacial score (nSPS) is 33.8. The van der Waals surface area contributed by atoms with Gasteiger partial charge in [0.25, 0.3) is 0 Å². The third-order valence-electron chi connectivity index (χ3n) is 4.02. The Balaban J connectivity index is 2.15. The van der Waals surface area contributed by atoms with E-state index in [0.717, 1.165) is 5.92 Å². The molecule has 0 saturated heterocycles. The van der Waals surface area contributed by atoms with Crippen molar-refractivity contribution in [1.82, 2.24) is 0 Å². The largest absolute Gasteiger partial charge is 0.295 e. The van der Waals surface area contributed by atoms with Crippen molar-refractivity contribution < 1.29 is 4.79 Å². The van der Waals surface area contributed by atoms with E-state index >= 15 is 0 Å². The average molecular weight is 190 g/mol. The Morgan fingerprint density at radius 3 is 2.79 bits per heavy atom. The standard InChI is InChI=1S/C13H18O/c1-9(14)4-5-10-6-7-11-8-12(10)13(11,2)3/h4-6,11-12H,7-8H2,1-3H3/b5-4-/t11-,12-/m1/s1. The second-order valence-electron chi connectivity index (χ2n) is 5.19. The summed E-state index contributed by atoms with van der Waals surface area (Å²) < 4.78 is 0. The smallest absolute Gasteiger partial charge is 0.152 e. The van der Waals surface area contributed by atoms with Crippen molar-refractivity contribution in [2.24, 2.45) is 17.3 Å². The molecule has 1 nitrogen and oxygen atoms in total. The fourth-order valence-corrected chi connectivity index (χ4v) is 2.80. The lowest BCUT2D eigenvalue weighted by Gasteiger charge is -2.56. The average Bonchev–Trinajstić information content (AvgIpc) is 2.14. The SMILES string of the molecule is CC(=O)/C=C\C1=CC[C@@H]2C[C@H]1C2(C)C. The van der Waals surface area contributed by atoms with E-state index in [4.69, 9.17) is 0 Å². The Hall–Kier alpha value is -0.850. The van der Waals surface area contributed by atoms with Crippen LogP contribution in [0.15, 0.2) is 23.8 Å². The second kappa shape index (κ2) is 3.08. The van der Waals surface area contributed by atoms with Gasteiger partial charge in [-0.25, -0.2) is 0 Å². The maximum absolute atomic E-state index is 10.9. The molecule has 14 heavy (non-hydrogen) atoms. The zero-order valence-electron chi connectivity index (χ0n) is 9.21. The Bertz CT molecular complexity index is 320. The van der Waals surface area contributed by atoms with E-state index in [1.54, 1.807) is 13.0 Å². The Kier molecular flexibility index (Phi) is 2.13. The van der Waals surface area contributed by atoms with Gasteiger partial charge in [0, 0.05) is 0 Å². The van der Waals surface area contributed by atoms with Crippen LogP contribution < -0.4 is 0 Å². The number of hydrogen-bond donors (Lipinski definition) is 0. The molecule has 0 unspecified atom stereocenters. The molecule has 0 aromatic rings. The van der Waals surface area contributed by atoms with Gasteiger partial charge in [-0.1, -0.05) is 26.0 Å². The van der Waals surface area contributed by atoms with Crippen LogP contribution in [-0.2, 0) is 4.79 Å². The van der Waals surface area contributed by atoms with Crippen molar-refractivity contribution in [3.05, 3.63) is 23.8 Å². The molecule has 0 amide bonds. The Labute approximate surface area is 85.9 Å². The van der Waals surface area contributed by atoms with Crippen LogP contribution in [0.3, 0.4) is 0 Å². The van der Waals surface area contributed by atoms with E-state index in [1.165, 1.54) is 18.4 Å². The first-order chi connectivity index (χ1) is 6.51. The fraction of sp³-hybridized carbons (Fsp3) is 0.615. The van der Waals surface area contributed by atoms with Crippen molar-refractivity contribution in [3.63, 3.8) is 0 Å². The molecular formula is C13H18O. The van der Waals surface area contributed by atoms with Crippen molar-refractivity contribution in [2.45, 2.75) is 33.6 Å². The minimum Gasteiger partial charge on any atom is -0.295 e. The summed E-state index contributed by atoms with van der Waals surface area (Å²) >= 11 is 0. The molecule has 1 fully saturated rings. The molecule has 0 N–H and O–H groups in total. The summed E-state index contributed by atoms with van der Waals surface area (Å²) in [5.41, 5.74) is 1.85. The number of carbonyl (C=O) groups excluding carboxylic acids is 1. The van der Waals surface area contributed by atoms with E-state index in [1.807, 2.05) is 6.08 Å². The van der Waals surface area contributed by atoms with Gasteiger partial charge in [-0.05, 0) is 48.7 Å². The molecule has 0 radical (unpaired) electrons. The quantitative estimate of drug-likeness (QED) is 0.611. The fourth-order valence-electron chi connectivity index (χ4n) is 2.80. The summed E-state index contributed by atoms with van der Waals surface area (Å²) in [7, 11) is 0. The lowest BCUT2D eigenvalue weighted by atomic mass is 9.49. The highest BCUT2D eigenvalue weighted by molar-refractivity contribution is 5.87. The van der Waals surface area contributed by atoms with Crippen molar-refractivity contribution in [3.8, 4) is 0 Å². The first kappa shape index (κ1) is 9.70. The van der Waals surface area contributed by atoms with Crippen molar-refractivity contribution >= 4 is 5.78 Å². The molecule has 1 heteroatoms. The minimum atomic E-state index is 0.144. The van der Waals surface area contributed by atoms with Gasteiger partial charge in [-0.2, -0.15) is 0 Å². The van der Waals surface area contributed by atoms with Gasteiger partial charge in [0.2, 0.25) is 0 Å². The van der Waals surface area contributed by atoms with E-state index in [0.29, 0.717) is 11.3 Å². The molecule has 3 aliphatic carbocycles. The zero-order valence-corrected chi connectivity index (χ0v) is 9.21. The van der Waals surface area contributed by atoms with Crippen LogP contribution in [0.1, 0.15) is 33.6 Å². The first-order valence-corrected chi connectivity index (χ1v) is 5.40. The van der Waals surface area contributed by atoms with Gasteiger partial charge in [0.05, 0.1) is 0 Å². The van der Waals surface area contributed by atoms with Gasteiger partial charge < -0.3 is 0 Å². The lowest BCUT2D eigenvalue weighted by molar-refractivity contribution is -0.112. The van der Waals surface area contributed by atoms with Gasteiger partial charge in [0.15, 0.2) is 5.78 Å². The molecule has 0 aliphatic heterocycles. The number of ketones is 1. The number of hydrogen-bond acceptors (Lipinski definition) is 1. The summed E-state index contributed by atoms with van der Waals surface area (Å²) in [5.74, 6) is 1.71. The highest BCUT2D eigenvalue weighted by Gasteiger charge is 2.50. The number of allylic oxidation sites excluding steroid dienone is 4. The molecule has 2 atom stereocenters. The summed E-state index contributed by atoms with van der Waals surface area (Å²) in [5, 5.41) is 0. The predicted octanol–water partition coefficient (Wildman–Crippen LogP) is 3.12. The molecule has 0 aromatic heterocycles. The van der Waals surface area contributed by atoms with Gasteiger partial charge in [-0.3, -0.25) is 4.79 Å². The van der Waals surface area contributed by atoms with E-state index in [-0.39, 0.29) is 5.78 Å². The van der Waals surface area contributed by atoms with Gasteiger partial charge >= 0.3 is 0 Å². The molecule has 2 bridgehead atoms. The van der Waals surface area contributed by atoms with E-state index < -0.39 is 0 Å². The number of carbonyl (C=O) groups is 1. The maximum atomic E-state index is 10.9. The molecule has 0 heterocycles.